The highest BCUT2D eigenvalue weighted by Crippen LogP contribution is 2.22. The molecular weight excluding hydrogens is 348 g/mol. The first-order valence-electron chi connectivity index (χ1n) is 7.11. The molecule has 24 heavy (non-hydrogen) atoms. The number of halogens is 1. The first kappa shape index (κ1) is 18.0. The molecule has 2 aromatic carbocycles. The SMILES string of the molecule is C=CCNC(=O)c1ccc(C)c(NS(=O)(=O)c2ccc(Cl)cc2)c1. The topological polar surface area (TPSA) is 75.3 Å². The predicted octanol–water partition coefficient (Wildman–Crippen LogP) is 3.37. The van der Waals surface area contributed by atoms with E-state index in [1.807, 2.05) is 0 Å². The van der Waals surface area contributed by atoms with Gasteiger partial charge in [-0.25, -0.2) is 8.42 Å². The molecule has 2 rings (SSSR count). The van der Waals surface area contributed by atoms with Crippen LogP contribution in [0.2, 0.25) is 5.02 Å². The lowest BCUT2D eigenvalue weighted by atomic mass is 10.1. The van der Waals surface area contributed by atoms with E-state index >= 15 is 0 Å². The zero-order chi connectivity index (χ0) is 17.7. The summed E-state index contributed by atoms with van der Waals surface area (Å²) in [7, 11) is -3.77. The van der Waals surface area contributed by atoms with Crippen molar-refractivity contribution >= 4 is 33.2 Å². The average Bonchev–Trinajstić information content (AvgIpc) is 2.55. The van der Waals surface area contributed by atoms with E-state index in [4.69, 9.17) is 11.6 Å². The first-order valence-corrected chi connectivity index (χ1v) is 8.98. The van der Waals surface area contributed by atoms with Crippen molar-refractivity contribution in [3.8, 4) is 0 Å². The van der Waals surface area contributed by atoms with Crippen molar-refractivity contribution in [3.63, 3.8) is 0 Å². The summed E-state index contributed by atoms with van der Waals surface area (Å²) in [6.45, 7) is 5.62. The van der Waals surface area contributed by atoms with Gasteiger partial charge in [0.25, 0.3) is 15.9 Å². The van der Waals surface area contributed by atoms with E-state index in [1.54, 1.807) is 25.1 Å². The summed E-state index contributed by atoms with van der Waals surface area (Å²) in [6, 6.07) is 10.7. The molecule has 1 amide bonds. The van der Waals surface area contributed by atoms with Gasteiger partial charge in [0.2, 0.25) is 0 Å². The fourth-order valence-electron chi connectivity index (χ4n) is 1.96. The summed E-state index contributed by atoms with van der Waals surface area (Å²) in [6.07, 6.45) is 1.57. The molecular formula is C17H17ClN2O3S. The maximum Gasteiger partial charge on any atom is 0.261 e. The Labute approximate surface area is 146 Å². The highest BCUT2D eigenvalue weighted by molar-refractivity contribution is 7.92. The van der Waals surface area contributed by atoms with E-state index in [-0.39, 0.29) is 10.8 Å². The molecule has 126 valence electrons. The normalized spacial score (nSPS) is 10.9. The Morgan fingerprint density at radius 1 is 1.21 bits per heavy atom. The minimum absolute atomic E-state index is 0.0906. The molecule has 2 aromatic rings. The molecule has 0 aliphatic carbocycles. The Balaban J connectivity index is 2.29. The maximum absolute atomic E-state index is 12.5. The number of amides is 1. The molecule has 0 radical (unpaired) electrons. The zero-order valence-corrected chi connectivity index (χ0v) is 14.6. The van der Waals surface area contributed by atoms with E-state index in [9.17, 15) is 13.2 Å². The zero-order valence-electron chi connectivity index (χ0n) is 13.0. The molecule has 0 aliphatic rings. The van der Waals surface area contributed by atoms with Crippen LogP contribution in [0.15, 0.2) is 60.0 Å². The smallest absolute Gasteiger partial charge is 0.261 e. The highest BCUT2D eigenvalue weighted by Gasteiger charge is 2.16. The lowest BCUT2D eigenvalue weighted by Crippen LogP contribution is -2.23. The number of rotatable bonds is 6. The van der Waals surface area contributed by atoms with E-state index in [0.29, 0.717) is 28.4 Å². The van der Waals surface area contributed by atoms with Crippen LogP contribution in [0, 0.1) is 6.92 Å². The van der Waals surface area contributed by atoms with E-state index in [2.05, 4.69) is 16.6 Å². The number of carbonyl (C=O) groups is 1. The number of benzene rings is 2. The fourth-order valence-corrected chi connectivity index (χ4v) is 3.21. The van der Waals surface area contributed by atoms with E-state index in [1.165, 1.54) is 30.3 Å². The summed E-state index contributed by atoms with van der Waals surface area (Å²) in [5.74, 6) is -0.304. The molecule has 0 aliphatic heterocycles. The summed E-state index contributed by atoms with van der Waals surface area (Å²) in [4.78, 5) is 12.1. The molecule has 0 aromatic heterocycles. The van der Waals surface area contributed by atoms with Crippen LogP contribution in [0.5, 0.6) is 0 Å². The molecule has 5 nitrogen and oxygen atoms in total. The summed E-state index contributed by atoms with van der Waals surface area (Å²) in [5.41, 5.74) is 1.40. The molecule has 0 spiro atoms. The number of aryl methyl sites for hydroxylation is 1. The number of sulfonamides is 1. The molecule has 0 fully saturated rings. The highest BCUT2D eigenvalue weighted by atomic mass is 35.5. The predicted molar refractivity (Wildman–Crippen MR) is 96.0 cm³/mol. The van der Waals surface area contributed by atoms with Crippen LogP contribution in [-0.2, 0) is 10.0 Å². The Kier molecular flexibility index (Phi) is 5.64. The van der Waals surface area contributed by atoms with Crippen LogP contribution >= 0.6 is 11.6 Å². The van der Waals surface area contributed by atoms with Crippen molar-refractivity contribution in [3.05, 3.63) is 71.3 Å². The number of anilines is 1. The largest absolute Gasteiger partial charge is 0.349 e. The molecule has 2 N–H and O–H groups in total. The van der Waals surface area contributed by atoms with Crippen LogP contribution in [0.3, 0.4) is 0 Å². The lowest BCUT2D eigenvalue weighted by molar-refractivity contribution is 0.0958. The van der Waals surface area contributed by atoms with Crippen molar-refractivity contribution in [2.45, 2.75) is 11.8 Å². The Bertz CT molecular complexity index is 862. The molecule has 7 heteroatoms. The standard InChI is InChI=1S/C17H17ClN2O3S/c1-3-10-19-17(21)13-5-4-12(2)16(11-13)20-24(22,23)15-8-6-14(18)7-9-15/h3-9,11,20H,1,10H2,2H3,(H,19,21). The third-order valence-corrected chi connectivity index (χ3v) is 4.91. The third-order valence-electron chi connectivity index (χ3n) is 3.27. The molecule has 0 atom stereocenters. The van der Waals surface area contributed by atoms with Crippen molar-refractivity contribution in [2.24, 2.45) is 0 Å². The lowest BCUT2D eigenvalue weighted by Gasteiger charge is -2.12. The van der Waals surface area contributed by atoms with Crippen molar-refractivity contribution < 1.29 is 13.2 Å². The number of carbonyl (C=O) groups excluding carboxylic acids is 1. The van der Waals surface area contributed by atoms with Gasteiger partial charge in [-0.05, 0) is 48.9 Å². The fraction of sp³-hybridized carbons (Fsp3) is 0.118. The van der Waals surface area contributed by atoms with Crippen molar-refractivity contribution in [1.29, 1.82) is 0 Å². The van der Waals surface area contributed by atoms with Gasteiger partial charge >= 0.3 is 0 Å². The van der Waals surface area contributed by atoms with Crippen LogP contribution in [0.25, 0.3) is 0 Å². The number of hydrogen-bond acceptors (Lipinski definition) is 3. The van der Waals surface area contributed by atoms with Crippen LogP contribution in [0.1, 0.15) is 15.9 Å². The molecule has 0 heterocycles. The van der Waals surface area contributed by atoms with Gasteiger partial charge in [0.1, 0.15) is 0 Å². The van der Waals surface area contributed by atoms with Gasteiger partial charge in [-0.15, -0.1) is 6.58 Å². The Hall–Kier alpha value is -2.31. The van der Waals surface area contributed by atoms with Crippen LogP contribution in [-0.4, -0.2) is 20.9 Å². The Morgan fingerprint density at radius 2 is 1.88 bits per heavy atom. The number of nitrogens with one attached hydrogen (secondary N) is 2. The average molecular weight is 365 g/mol. The molecule has 0 saturated heterocycles. The summed E-state index contributed by atoms with van der Waals surface area (Å²) >= 11 is 5.78. The van der Waals surface area contributed by atoms with Gasteiger partial charge in [-0.1, -0.05) is 23.7 Å². The van der Waals surface area contributed by atoms with Crippen LogP contribution < -0.4 is 10.0 Å². The quantitative estimate of drug-likeness (QED) is 0.772. The second-order valence-electron chi connectivity index (χ2n) is 5.09. The summed E-state index contributed by atoms with van der Waals surface area (Å²) in [5, 5.41) is 3.10. The van der Waals surface area contributed by atoms with Crippen LogP contribution in [0.4, 0.5) is 5.69 Å². The Morgan fingerprint density at radius 3 is 2.50 bits per heavy atom. The minimum atomic E-state index is -3.77. The van der Waals surface area contributed by atoms with Gasteiger partial charge < -0.3 is 5.32 Å². The third kappa shape index (κ3) is 4.37. The van der Waals surface area contributed by atoms with Gasteiger partial charge in [-0.2, -0.15) is 0 Å². The van der Waals surface area contributed by atoms with Gasteiger partial charge in [-0.3, -0.25) is 9.52 Å². The second kappa shape index (κ2) is 7.51. The maximum atomic E-state index is 12.5. The second-order valence-corrected chi connectivity index (χ2v) is 7.21. The van der Waals surface area contributed by atoms with E-state index < -0.39 is 10.0 Å². The molecule has 0 saturated carbocycles. The van der Waals surface area contributed by atoms with Gasteiger partial charge in [0, 0.05) is 17.1 Å². The number of hydrogen-bond donors (Lipinski definition) is 2. The molecule has 0 bridgehead atoms. The molecule has 0 unspecified atom stereocenters. The first-order chi connectivity index (χ1) is 11.3. The van der Waals surface area contributed by atoms with Gasteiger partial charge in [0.15, 0.2) is 0 Å². The summed E-state index contributed by atoms with van der Waals surface area (Å²) < 4.78 is 27.4. The van der Waals surface area contributed by atoms with Crippen molar-refractivity contribution in [2.75, 3.05) is 11.3 Å². The van der Waals surface area contributed by atoms with Crippen molar-refractivity contribution in [1.82, 2.24) is 5.32 Å². The van der Waals surface area contributed by atoms with Gasteiger partial charge in [0.05, 0.1) is 10.6 Å². The monoisotopic (exact) mass is 364 g/mol. The van der Waals surface area contributed by atoms with E-state index in [0.717, 1.165) is 0 Å². The minimum Gasteiger partial charge on any atom is -0.349 e.